The molecule has 1 saturated heterocycles. The quantitative estimate of drug-likeness (QED) is 0.595. The molecule has 1 aromatic rings. The van der Waals surface area contributed by atoms with E-state index in [1.165, 1.54) is 24.0 Å². The van der Waals surface area contributed by atoms with E-state index in [-0.39, 0.29) is 16.7 Å². The largest absolute Gasteiger partial charge is 0.508 e. The number of likely N-dealkylation sites (tertiary alicyclic amines) is 1. The lowest BCUT2D eigenvalue weighted by molar-refractivity contribution is -0.326. The second kappa shape index (κ2) is 7.24. The first kappa shape index (κ1) is 24.2. The highest BCUT2D eigenvalue weighted by atomic mass is 16.5. The smallest absolute Gasteiger partial charge is 0.118 e. The Morgan fingerprint density at radius 2 is 1.83 bits per heavy atom. The number of ether oxygens (including phenoxy) is 1. The molecular formula is C30H45NO4. The fourth-order valence-corrected chi connectivity index (χ4v) is 9.46. The summed E-state index contributed by atoms with van der Waals surface area (Å²) < 4.78 is 6.40. The lowest BCUT2D eigenvalue weighted by atomic mass is 9.32. The number of methoxy groups -OCH3 is 1. The van der Waals surface area contributed by atoms with E-state index in [1.54, 1.807) is 7.11 Å². The number of aliphatic hydroxyl groups is 2. The minimum atomic E-state index is -0.997. The van der Waals surface area contributed by atoms with Crippen molar-refractivity contribution in [2.75, 3.05) is 20.2 Å². The number of aliphatic hydroxyl groups excluding tert-OH is 1. The maximum Gasteiger partial charge on any atom is 0.118 e. The summed E-state index contributed by atoms with van der Waals surface area (Å²) in [6.45, 7) is 12.5. The zero-order valence-corrected chi connectivity index (χ0v) is 22.5. The minimum absolute atomic E-state index is 0.148. The summed E-state index contributed by atoms with van der Waals surface area (Å²) in [6, 6.07) is 4.30. The number of hydrogen-bond donors (Lipinski definition) is 3. The van der Waals surface area contributed by atoms with Crippen LogP contribution in [-0.4, -0.2) is 63.8 Å². The van der Waals surface area contributed by atoms with Gasteiger partial charge in [0.2, 0.25) is 0 Å². The number of phenolic OH excluding ortho intramolecular Hbond substituents is 1. The maximum atomic E-state index is 12.6. The molecule has 1 spiro atoms. The summed E-state index contributed by atoms with van der Waals surface area (Å²) in [5, 5.41) is 35.6. The number of nitrogens with zero attached hydrogens (tertiary/aromatic N) is 1. The lowest BCUT2D eigenvalue weighted by Crippen LogP contribution is -2.83. The third-order valence-electron chi connectivity index (χ3n) is 12.0. The molecule has 0 aromatic heterocycles. The van der Waals surface area contributed by atoms with E-state index < -0.39 is 22.7 Å². The normalized spacial score (nSPS) is 42.3. The molecule has 194 valence electrons. The molecule has 6 aliphatic rings. The summed E-state index contributed by atoms with van der Waals surface area (Å²) in [5.74, 6) is 0.968. The van der Waals surface area contributed by atoms with Crippen molar-refractivity contribution in [3.63, 3.8) is 0 Å². The van der Waals surface area contributed by atoms with Crippen molar-refractivity contribution in [2.45, 2.75) is 108 Å². The van der Waals surface area contributed by atoms with E-state index in [0.29, 0.717) is 11.8 Å². The van der Waals surface area contributed by atoms with Gasteiger partial charge in [-0.25, -0.2) is 0 Å². The molecule has 5 heteroatoms. The van der Waals surface area contributed by atoms with Gasteiger partial charge in [-0.3, -0.25) is 4.90 Å². The van der Waals surface area contributed by atoms with E-state index in [9.17, 15) is 15.3 Å². The van der Waals surface area contributed by atoms with E-state index in [4.69, 9.17) is 4.74 Å². The van der Waals surface area contributed by atoms with Crippen molar-refractivity contribution in [3.05, 3.63) is 28.8 Å². The number of phenols is 1. The fraction of sp³-hybridized carbons (Fsp3) is 0.800. The van der Waals surface area contributed by atoms with Gasteiger partial charge in [-0.15, -0.1) is 0 Å². The summed E-state index contributed by atoms with van der Waals surface area (Å²) >= 11 is 0. The summed E-state index contributed by atoms with van der Waals surface area (Å²) in [4.78, 5) is 2.75. The van der Waals surface area contributed by atoms with Crippen LogP contribution in [-0.2, 0) is 16.6 Å². The van der Waals surface area contributed by atoms with Gasteiger partial charge in [0.25, 0.3) is 0 Å². The molecule has 0 radical (unpaired) electrons. The lowest BCUT2D eigenvalue weighted by Gasteiger charge is -2.77. The molecule has 4 saturated carbocycles. The van der Waals surface area contributed by atoms with E-state index in [0.717, 1.165) is 56.7 Å². The third-order valence-corrected chi connectivity index (χ3v) is 12.0. The van der Waals surface area contributed by atoms with Crippen LogP contribution in [0, 0.1) is 29.6 Å². The first-order valence-corrected chi connectivity index (χ1v) is 13.9. The zero-order valence-electron chi connectivity index (χ0n) is 22.5. The zero-order chi connectivity index (χ0) is 25.2. The van der Waals surface area contributed by atoms with Crippen molar-refractivity contribution in [1.82, 2.24) is 4.90 Å². The van der Waals surface area contributed by atoms with Gasteiger partial charge in [-0.2, -0.15) is 0 Å². The molecule has 1 aliphatic heterocycles. The molecule has 5 aliphatic carbocycles. The monoisotopic (exact) mass is 483 g/mol. The molecule has 4 bridgehead atoms. The minimum Gasteiger partial charge on any atom is -0.508 e. The molecule has 35 heavy (non-hydrogen) atoms. The van der Waals surface area contributed by atoms with E-state index >= 15 is 0 Å². The number of aromatic hydroxyl groups is 1. The number of piperidine rings is 1. The second-order valence-electron chi connectivity index (χ2n) is 14.0. The Bertz CT molecular complexity index is 1040. The van der Waals surface area contributed by atoms with Gasteiger partial charge in [-0.1, -0.05) is 26.8 Å². The van der Waals surface area contributed by atoms with Crippen LogP contribution in [0.2, 0.25) is 0 Å². The van der Waals surface area contributed by atoms with Crippen molar-refractivity contribution >= 4 is 0 Å². The average Bonchev–Trinajstić information content (AvgIpc) is 3.62. The molecule has 3 N–H and O–H groups in total. The summed E-state index contributed by atoms with van der Waals surface area (Å²) in [6.07, 6.45) is 6.39. The SMILES string of the molecule is CO[C@@]12CC[C@@]3(C[C@@H]1[C@](C)(O)C(C)(C)C)[C@H]1Cc4ccc(O)c(C)c4[C@@]3(CCN1CC1CC1)[C@H]2O. The van der Waals surface area contributed by atoms with Crippen molar-refractivity contribution in [3.8, 4) is 5.75 Å². The van der Waals surface area contributed by atoms with Gasteiger partial charge < -0.3 is 20.1 Å². The highest BCUT2D eigenvalue weighted by molar-refractivity contribution is 5.55. The Morgan fingerprint density at radius 1 is 1.11 bits per heavy atom. The molecule has 0 amide bonds. The van der Waals surface area contributed by atoms with Crippen LogP contribution in [0.1, 0.15) is 82.9 Å². The highest BCUT2D eigenvalue weighted by Crippen LogP contribution is 2.74. The van der Waals surface area contributed by atoms with Crippen LogP contribution in [0.25, 0.3) is 0 Å². The van der Waals surface area contributed by atoms with Crippen molar-refractivity contribution in [2.24, 2.45) is 22.7 Å². The van der Waals surface area contributed by atoms with Crippen LogP contribution in [0.4, 0.5) is 0 Å². The molecule has 5 fully saturated rings. The van der Waals surface area contributed by atoms with Crippen molar-refractivity contribution < 1.29 is 20.1 Å². The van der Waals surface area contributed by atoms with Crippen LogP contribution in [0.15, 0.2) is 12.1 Å². The summed E-state index contributed by atoms with van der Waals surface area (Å²) in [7, 11) is 1.74. The van der Waals surface area contributed by atoms with Crippen LogP contribution in [0.5, 0.6) is 5.75 Å². The van der Waals surface area contributed by atoms with E-state index in [2.05, 4.69) is 31.7 Å². The number of benzene rings is 1. The Kier molecular flexibility index (Phi) is 5.01. The Balaban J connectivity index is 1.60. The molecule has 7 atom stereocenters. The Hall–Kier alpha value is -1.14. The second-order valence-corrected chi connectivity index (χ2v) is 14.0. The van der Waals surface area contributed by atoms with Crippen LogP contribution >= 0.6 is 0 Å². The Morgan fingerprint density at radius 3 is 2.46 bits per heavy atom. The molecule has 7 rings (SSSR count). The molecule has 5 nitrogen and oxygen atoms in total. The van der Waals surface area contributed by atoms with Crippen LogP contribution in [0.3, 0.4) is 0 Å². The molecule has 0 unspecified atom stereocenters. The van der Waals surface area contributed by atoms with Crippen molar-refractivity contribution in [1.29, 1.82) is 0 Å². The van der Waals surface area contributed by atoms with Gasteiger partial charge in [0.05, 0.1) is 11.7 Å². The summed E-state index contributed by atoms with van der Waals surface area (Å²) in [5.41, 5.74) is 0.617. The van der Waals surface area contributed by atoms with Gasteiger partial charge >= 0.3 is 0 Å². The first-order valence-electron chi connectivity index (χ1n) is 13.9. The highest BCUT2D eigenvalue weighted by Gasteiger charge is 2.79. The number of rotatable bonds is 4. The topological polar surface area (TPSA) is 73.2 Å². The number of hydrogen-bond acceptors (Lipinski definition) is 5. The standard InChI is InChI=1S/C30H45NO4/c1-18-21(32)10-9-20-15-23-28-11-12-30(35-6,22(16-28)27(5,34)26(2,3)4)25(33)29(28,24(18)20)13-14-31(23)17-19-7-8-19/h9-10,19,22-23,25,32-34H,7-8,11-17H2,1-6H3/t22-,23-,25-,27+,28-,29+,30+/m1/s1. The predicted octanol–water partition coefficient (Wildman–Crippen LogP) is 4.32. The molecular weight excluding hydrogens is 438 g/mol. The van der Waals surface area contributed by atoms with Gasteiger partial charge in [0, 0.05) is 31.0 Å². The maximum absolute atomic E-state index is 12.6. The first-order chi connectivity index (χ1) is 16.4. The Labute approximate surface area is 210 Å². The molecule has 1 heterocycles. The third kappa shape index (κ3) is 2.79. The van der Waals surface area contributed by atoms with Gasteiger partial charge in [0.1, 0.15) is 11.4 Å². The van der Waals surface area contributed by atoms with Crippen LogP contribution < -0.4 is 0 Å². The number of fused-ring (bicyclic) bond motifs is 3. The molecule has 1 aromatic carbocycles. The van der Waals surface area contributed by atoms with E-state index in [1.807, 2.05) is 19.9 Å². The van der Waals surface area contributed by atoms with Gasteiger partial charge in [-0.05, 0) is 105 Å². The predicted molar refractivity (Wildman–Crippen MR) is 137 cm³/mol. The fourth-order valence-electron chi connectivity index (χ4n) is 9.46. The van der Waals surface area contributed by atoms with Gasteiger partial charge in [0.15, 0.2) is 0 Å². The average molecular weight is 484 g/mol.